The summed E-state index contributed by atoms with van der Waals surface area (Å²) < 4.78 is 1.91. The molecule has 0 fully saturated rings. The average Bonchev–Trinajstić information content (AvgIpc) is 3.07. The number of benzene rings is 2. The third kappa shape index (κ3) is 3.19. The standard InChI is InChI=1S/C23H16N2O2/c1-25-15-14-18-12-13-20(24-22(18)25)21-17(8-5-9-19(21)23(26)27)11-10-16-6-3-2-4-7-16/h2-9,12-15H,1H3,(H,26,27). The average molecular weight is 352 g/mol. The summed E-state index contributed by atoms with van der Waals surface area (Å²) in [5, 5.41) is 10.7. The molecule has 130 valence electrons. The van der Waals surface area contributed by atoms with Crippen molar-refractivity contribution >= 4 is 17.0 Å². The third-order valence-electron chi connectivity index (χ3n) is 4.38. The SMILES string of the molecule is Cn1ccc2ccc(-c3c(C#Cc4ccccc4)cccc3C(=O)O)nc21. The molecule has 0 unspecified atom stereocenters. The Morgan fingerprint density at radius 3 is 2.56 bits per heavy atom. The maximum Gasteiger partial charge on any atom is 0.336 e. The van der Waals surface area contributed by atoms with Crippen LogP contribution >= 0.6 is 0 Å². The lowest BCUT2D eigenvalue weighted by atomic mass is 9.97. The van der Waals surface area contributed by atoms with E-state index < -0.39 is 5.97 Å². The van der Waals surface area contributed by atoms with Crippen molar-refractivity contribution in [2.24, 2.45) is 7.05 Å². The first-order valence-electron chi connectivity index (χ1n) is 8.49. The van der Waals surface area contributed by atoms with Gasteiger partial charge < -0.3 is 9.67 Å². The normalized spacial score (nSPS) is 10.4. The zero-order chi connectivity index (χ0) is 18.8. The lowest BCUT2D eigenvalue weighted by molar-refractivity contribution is 0.0697. The summed E-state index contributed by atoms with van der Waals surface area (Å²) >= 11 is 0. The summed E-state index contributed by atoms with van der Waals surface area (Å²) in [4.78, 5) is 16.5. The van der Waals surface area contributed by atoms with Gasteiger partial charge in [0.25, 0.3) is 0 Å². The quantitative estimate of drug-likeness (QED) is 0.546. The first-order valence-corrected chi connectivity index (χ1v) is 8.49. The third-order valence-corrected chi connectivity index (χ3v) is 4.38. The maximum atomic E-state index is 11.8. The number of pyridine rings is 1. The minimum Gasteiger partial charge on any atom is -0.478 e. The molecule has 2 heterocycles. The predicted molar refractivity (Wildman–Crippen MR) is 106 cm³/mol. The molecule has 1 N–H and O–H groups in total. The molecule has 0 spiro atoms. The fourth-order valence-electron chi connectivity index (χ4n) is 3.05. The number of fused-ring (bicyclic) bond motifs is 1. The van der Waals surface area contributed by atoms with Gasteiger partial charge in [-0.25, -0.2) is 9.78 Å². The minimum absolute atomic E-state index is 0.191. The van der Waals surface area contributed by atoms with Gasteiger partial charge in [-0.2, -0.15) is 0 Å². The number of carboxylic acids is 1. The van der Waals surface area contributed by atoms with E-state index >= 15 is 0 Å². The van der Waals surface area contributed by atoms with Crippen LogP contribution in [0.25, 0.3) is 22.3 Å². The molecule has 2 aromatic carbocycles. The van der Waals surface area contributed by atoms with E-state index in [-0.39, 0.29) is 5.56 Å². The van der Waals surface area contributed by atoms with Crippen molar-refractivity contribution in [2.75, 3.05) is 0 Å². The molecule has 0 radical (unpaired) electrons. The highest BCUT2D eigenvalue weighted by atomic mass is 16.4. The van der Waals surface area contributed by atoms with Crippen molar-refractivity contribution in [1.82, 2.24) is 9.55 Å². The van der Waals surface area contributed by atoms with Crippen LogP contribution in [0.3, 0.4) is 0 Å². The first-order chi connectivity index (χ1) is 13.1. The van der Waals surface area contributed by atoms with Crippen LogP contribution in [-0.2, 0) is 7.05 Å². The molecule has 2 aromatic heterocycles. The van der Waals surface area contributed by atoms with Gasteiger partial charge in [-0.15, -0.1) is 0 Å². The molecular formula is C23H16N2O2. The molecule has 0 amide bonds. The lowest BCUT2D eigenvalue weighted by Gasteiger charge is -2.09. The highest BCUT2D eigenvalue weighted by Gasteiger charge is 2.17. The molecule has 0 bridgehead atoms. The highest BCUT2D eigenvalue weighted by Crippen LogP contribution is 2.28. The summed E-state index contributed by atoms with van der Waals surface area (Å²) in [5.41, 5.74) is 3.64. The highest BCUT2D eigenvalue weighted by molar-refractivity contribution is 5.98. The predicted octanol–water partition coefficient (Wildman–Crippen LogP) is 4.34. The Hall–Kier alpha value is -3.84. The number of aromatic nitrogens is 2. The second kappa shape index (κ2) is 6.81. The first kappa shape index (κ1) is 16.6. The molecular weight excluding hydrogens is 336 g/mol. The van der Waals surface area contributed by atoms with Crippen molar-refractivity contribution < 1.29 is 9.90 Å². The van der Waals surface area contributed by atoms with Crippen LogP contribution in [0.4, 0.5) is 0 Å². The van der Waals surface area contributed by atoms with E-state index in [1.54, 1.807) is 12.1 Å². The zero-order valence-corrected chi connectivity index (χ0v) is 14.7. The Morgan fingerprint density at radius 1 is 0.963 bits per heavy atom. The number of rotatable bonds is 2. The van der Waals surface area contributed by atoms with E-state index in [1.807, 2.05) is 72.4 Å². The summed E-state index contributed by atoms with van der Waals surface area (Å²) in [5.74, 6) is 5.23. The smallest absolute Gasteiger partial charge is 0.336 e. The second-order valence-electron chi connectivity index (χ2n) is 6.19. The number of hydrogen-bond donors (Lipinski definition) is 1. The van der Waals surface area contributed by atoms with Crippen LogP contribution < -0.4 is 0 Å². The molecule has 0 aliphatic rings. The molecule has 0 saturated heterocycles. The van der Waals surface area contributed by atoms with Crippen LogP contribution in [0.1, 0.15) is 21.5 Å². The van der Waals surface area contributed by atoms with E-state index in [1.165, 1.54) is 0 Å². The van der Waals surface area contributed by atoms with E-state index in [2.05, 4.69) is 11.8 Å². The van der Waals surface area contributed by atoms with Crippen molar-refractivity contribution in [3.8, 4) is 23.1 Å². The molecule has 4 nitrogen and oxygen atoms in total. The topological polar surface area (TPSA) is 55.1 Å². The van der Waals surface area contributed by atoms with Gasteiger partial charge in [0.2, 0.25) is 0 Å². The van der Waals surface area contributed by atoms with Crippen LogP contribution in [0.2, 0.25) is 0 Å². The molecule has 4 aromatic rings. The van der Waals surface area contributed by atoms with Gasteiger partial charge in [0.05, 0.1) is 11.3 Å². The maximum absolute atomic E-state index is 11.8. The Balaban J connectivity index is 1.93. The van der Waals surface area contributed by atoms with E-state index in [4.69, 9.17) is 4.98 Å². The molecule has 0 saturated carbocycles. The Morgan fingerprint density at radius 2 is 1.78 bits per heavy atom. The van der Waals surface area contributed by atoms with Crippen LogP contribution in [-0.4, -0.2) is 20.6 Å². The largest absolute Gasteiger partial charge is 0.478 e. The molecule has 27 heavy (non-hydrogen) atoms. The van der Waals surface area contributed by atoms with Gasteiger partial charge in [-0.3, -0.25) is 0 Å². The van der Waals surface area contributed by atoms with Gasteiger partial charge in [-0.1, -0.05) is 36.1 Å². The Bertz CT molecular complexity index is 1210. The molecule has 4 heteroatoms. The van der Waals surface area contributed by atoms with Crippen LogP contribution in [0, 0.1) is 11.8 Å². The van der Waals surface area contributed by atoms with Crippen molar-refractivity contribution in [1.29, 1.82) is 0 Å². The van der Waals surface area contributed by atoms with E-state index in [0.29, 0.717) is 16.8 Å². The zero-order valence-electron chi connectivity index (χ0n) is 14.7. The van der Waals surface area contributed by atoms with Gasteiger partial charge in [0.1, 0.15) is 5.65 Å². The summed E-state index contributed by atoms with van der Waals surface area (Å²) in [6.45, 7) is 0. The van der Waals surface area contributed by atoms with Crippen molar-refractivity contribution in [3.63, 3.8) is 0 Å². The van der Waals surface area contributed by atoms with Crippen molar-refractivity contribution in [2.45, 2.75) is 0 Å². The summed E-state index contributed by atoms with van der Waals surface area (Å²) in [6, 6.07) is 20.5. The summed E-state index contributed by atoms with van der Waals surface area (Å²) in [7, 11) is 1.92. The Kier molecular flexibility index (Phi) is 4.19. The van der Waals surface area contributed by atoms with Gasteiger partial charge in [0, 0.05) is 35.3 Å². The van der Waals surface area contributed by atoms with E-state index in [9.17, 15) is 9.90 Å². The molecule has 0 aliphatic heterocycles. The number of carboxylic acid groups (broad SMARTS) is 1. The van der Waals surface area contributed by atoms with Crippen molar-refractivity contribution in [3.05, 3.63) is 89.6 Å². The van der Waals surface area contributed by atoms with Gasteiger partial charge in [0.15, 0.2) is 0 Å². The number of hydrogen-bond acceptors (Lipinski definition) is 2. The van der Waals surface area contributed by atoms with Gasteiger partial charge >= 0.3 is 5.97 Å². The summed E-state index contributed by atoms with van der Waals surface area (Å²) in [6.07, 6.45) is 1.93. The lowest BCUT2D eigenvalue weighted by Crippen LogP contribution is -2.03. The number of aryl methyl sites for hydroxylation is 1. The fourth-order valence-corrected chi connectivity index (χ4v) is 3.05. The van der Waals surface area contributed by atoms with Crippen LogP contribution in [0.5, 0.6) is 0 Å². The Labute approximate surface area is 156 Å². The number of nitrogens with zero attached hydrogens (tertiary/aromatic N) is 2. The van der Waals surface area contributed by atoms with E-state index in [0.717, 1.165) is 16.6 Å². The van der Waals surface area contributed by atoms with Crippen LogP contribution in [0.15, 0.2) is 72.9 Å². The monoisotopic (exact) mass is 352 g/mol. The number of carbonyl (C=O) groups is 1. The molecule has 4 rings (SSSR count). The minimum atomic E-state index is -0.998. The molecule has 0 aliphatic carbocycles. The van der Waals surface area contributed by atoms with Gasteiger partial charge in [-0.05, 0) is 42.5 Å². The molecule has 0 atom stereocenters. The number of aromatic carboxylic acids is 1. The fraction of sp³-hybridized carbons (Fsp3) is 0.0435. The second-order valence-corrected chi connectivity index (χ2v) is 6.19.